The lowest BCUT2D eigenvalue weighted by Crippen LogP contribution is -2.32. The van der Waals surface area contributed by atoms with Gasteiger partial charge in [-0.25, -0.2) is 0 Å². The first-order valence-electron chi connectivity index (χ1n) is 4.38. The summed E-state index contributed by atoms with van der Waals surface area (Å²) >= 11 is 7.21. The molecule has 0 saturated carbocycles. The third-order valence-electron chi connectivity index (χ3n) is 1.86. The smallest absolute Gasteiger partial charge is 0.228 e. The minimum Gasteiger partial charge on any atom is -0.354 e. The lowest BCUT2D eigenvalue weighted by Gasteiger charge is -2.09. The van der Waals surface area contributed by atoms with Crippen molar-refractivity contribution < 1.29 is 4.79 Å². The average molecular weight is 269 g/mol. The fourth-order valence-corrected chi connectivity index (χ4v) is 2.15. The lowest BCUT2D eigenvalue weighted by molar-refractivity contribution is -0.122. The quantitative estimate of drug-likeness (QED) is 0.878. The van der Waals surface area contributed by atoms with E-state index in [1.807, 2.05) is 13.0 Å². The van der Waals surface area contributed by atoms with Crippen LogP contribution in [-0.4, -0.2) is 19.0 Å². The number of rotatable bonds is 4. The number of thiophene rings is 1. The maximum Gasteiger partial charge on any atom is 0.228 e. The summed E-state index contributed by atoms with van der Waals surface area (Å²) in [6.07, 6.45) is 0. The van der Waals surface area contributed by atoms with E-state index in [1.165, 1.54) is 11.3 Å². The van der Waals surface area contributed by atoms with Gasteiger partial charge in [-0.15, -0.1) is 23.7 Å². The number of nitrogens with two attached hydrogens (primary N) is 1. The van der Waals surface area contributed by atoms with E-state index in [1.54, 1.807) is 6.07 Å². The highest BCUT2D eigenvalue weighted by molar-refractivity contribution is 7.16. The number of halogens is 2. The molecule has 1 aromatic heterocycles. The molecule has 0 bridgehead atoms. The Labute approximate surface area is 104 Å². The number of carbonyl (C=O) groups is 1. The summed E-state index contributed by atoms with van der Waals surface area (Å²) < 4.78 is 0.707. The molecule has 1 amide bonds. The summed E-state index contributed by atoms with van der Waals surface area (Å²) in [4.78, 5) is 12.5. The Morgan fingerprint density at radius 3 is 2.80 bits per heavy atom. The zero-order chi connectivity index (χ0) is 10.6. The average Bonchev–Trinajstić information content (AvgIpc) is 2.60. The zero-order valence-electron chi connectivity index (χ0n) is 8.33. The SMILES string of the molecule is CC(C(=O)NCCN)c1ccc(Cl)s1.Cl. The third-order valence-corrected chi connectivity index (χ3v) is 3.27. The summed E-state index contributed by atoms with van der Waals surface area (Å²) in [6.45, 7) is 2.83. The molecule has 0 spiro atoms. The largest absolute Gasteiger partial charge is 0.354 e. The molecule has 3 N–H and O–H groups in total. The highest BCUT2D eigenvalue weighted by Crippen LogP contribution is 2.27. The minimum absolute atomic E-state index is 0. The molecule has 0 aliphatic heterocycles. The minimum atomic E-state index is -0.154. The molecule has 0 saturated heterocycles. The second-order valence-electron chi connectivity index (χ2n) is 2.94. The van der Waals surface area contributed by atoms with Crippen LogP contribution in [0.2, 0.25) is 4.34 Å². The Morgan fingerprint density at radius 1 is 1.67 bits per heavy atom. The van der Waals surface area contributed by atoms with Crippen LogP contribution in [0.4, 0.5) is 0 Å². The Hall–Kier alpha value is -0.290. The number of amides is 1. The molecule has 0 radical (unpaired) electrons. The second-order valence-corrected chi connectivity index (χ2v) is 4.69. The van der Waals surface area contributed by atoms with E-state index in [4.69, 9.17) is 17.3 Å². The summed E-state index contributed by atoms with van der Waals surface area (Å²) in [7, 11) is 0. The molecule has 1 aromatic rings. The van der Waals surface area contributed by atoms with Crippen molar-refractivity contribution >= 4 is 41.3 Å². The molecule has 86 valence electrons. The summed E-state index contributed by atoms with van der Waals surface area (Å²) in [5.41, 5.74) is 5.29. The van der Waals surface area contributed by atoms with Crippen molar-refractivity contribution in [2.24, 2.45) is 5.73 Å². The summed E-state index contributed by atoms with van der Waals surface area (Å²) in [5.74, 6) is -0.159. The molecule has 6 heteroatoms. The molecule has 1 unspecified atom stereocenters. The fraction of sp³-hybridized carbons (Fsp3) is 0.444. The molecule has 0 fully saturated rings. The summed E-state index contributed by atoms with van der Waals surface area (Å²) in [5, 5.41) is 2.74. The zero-order valence-corrected chi connectivity index (χ0v) is 10.7. The van der Waals surface area contributed by atoms with Crippen molar-refractivity contribution in [1.29, 1.82) is 0 Å². The van der Waals surface area contributed by atoms with Crippen LogP contribution in [0, 0.1) is 0 Å². The van der Waals surface area contributed by atoms with Crippen LogP contribution in [0.25, 0.3) is 0 Å². The molecule has 1 heterocycles. The molecule has 0 aromatic carbocycles. The molecular weight excluding hydrogens is 255 g/mol. The van der Waals surface area contributed by atoms with Crippen LogP contribution in [0.15, 0.2) is 12.1 Å². The fourth-order valence-electron chi connectivity index (χ4n) is 1.04. The first kappa shape index (κ1) is 14.7. The lowest BCUT2D eigenvalue weighted by atomic mass is 10.1. The highest BCUT2D eigenvalue weighted by atomic mass is 35.5. The van der Waals surface area contributed by atoms with Gasteiger partial charge in [0, 0.05) is 18.0 Å². The van der Waals surface area contributed by atoms with Crippen molar-refractivity contribution in [2.75, 3.05) is 13.1 Å². The van der Waals surface area contributed by atoms with Gasteiger partial charge >= 0.3 is 0 Å². The van der Waals surface area contributed by atoms with Gasteiger partial charge in [0.2, 0.25) is 5.91 Å². The van der Waals surface area contributed by atoms with E-state index in [2.05, 4.69) is 5.32 Å². The van der Waals surface area contributed by atoms with Crippen molar-refractivity contribution in [3.63, 3.8) is 0 Å². The van der Waals surface area contributed by atoms with Crippen LogP contribution >= 0.6 is 35.3 Å². The van der Waals surface area contributed by atoms with Crippen molar-refractivity contribution in [1.82, 2.24) is 5.32 Å². The number of nitrogens with one attached hydrogen (secondary N) is 1. The molecule has 1 rings (SSSR count). The monoisotopic (exact) mass is 268 g/mol. The summed E-state index contributed by atoms with van der Waals surface area (Å²) in [6, 6.07) is 3.67. The van der Waals surface area contributed by atoms with Crippen LogP contribution in [-0.2, 0) is 4.79 Å². The number of hydrogen-bond acceptors (Lipinski definition) is 3. The first-order chi connectivity index (χ1) is 6.65. The molecule has 0 aliphatic carbocycles. The van der Waals surface area contributed by atoms with Crippen molar-refractivity contribution in [2.45, 2.75) is 12.8 Å². The molecule has 0 aliphatic rings. The second kappa shape index (κ2) is 7.06. The van der Waals surface area contributed by atoms with Crippen LogP contribution in [0.3, 0.4) is 0 Å². The Bertz CT molecular complexity index is 317. The standard InChI is InChI=1S/C9H13ClN2OS.ClH/c1-6(9(13)12-5-4-11)7-2-3-8(10)14-7;/h2-3,6H,4-5,11H2,1H3,(H,12,13);1H. The molecular formula is C9H14Cl2N2OS. The van der Waals surface area contributed by atoms with Crippen molar-refractivity contribution in [3.8, 4) is 0 Å². The topological polar surface area (TPSA) is 55.1 Å². The Kier molecular flexibility index (Phi) is 6.92. The predicted octanol–water partition coefficient (Wildman–Crippen LogP) is 2.00. The van der Waals surface area contributed by atoms with Crippen LogP contribution < -0.4 is 11.1 Å². The number of hydrogen-bond donors (Lipinski definition) is 2. The van der Waals surface area contributed by atoms with Gasteiger partial charge in [-0.05, 0) is 19.1 Å². The van der Waals surface area contributed by atoms with E-state index in [0.29, 0.717) is 17.4 Å². The van der Waals surface area contributed by atoms with E-state index >= 15 is 0 Å². The molecule has 3 nitrogen and oxygen atoms in total. The van der Waals surface area contributed by atoms with Crippen LogP contribution in [0.1, 0.15) is 17.7 Å². The van der Waals surface area contributed by atoms with Gasteiger partial charge in [0.25, 0.3) is 0 Å². The molecule has 15 heavy (non-hydrogen) atoms. The predicted molar refractivity (Wildman–Crippen MR) is 67.1 cm³/mol. The van der Waals surface area contributed by atoms with E-state index in [-0.39, 0.29) is 24.2 Å². The van der Waals surface area contributed by atoms with E-state index in [0.717, 1.165) is 4.88 Å². The highest BCUT2D eigenvalue weighted by Gasteiger charge is 2.16. The normalized spacial score (nSPS) is 11.7. The van der Waals surface area contributed by atoms with Gasteiger partial charge < -0.3 is 11.1 Å². The van der Waals surface area contributed by atoms with E-state index in [9.17, 15) is 4.79 Å². The molecule has 1 atom stereocenters. The van der Waals surface area contributed by atoms with Gasteiger partial charge in [0.1, 0.15) is 0 Å². The van der Waals surface area contributed by atoms with Gasteiger partial charge in [-0.1, -0.05) is 11.6 Å². The van der Waals surface area contributed by atoms with Gasteiger partial charge in [-0.3, -0.25) is 4.79 Å². The van der Waals surface area contributed by atoms with Crippen molar-refractivity contribution in [3.05, 3.63) is 21.3 Å². The Balaban J connectivity index is 0.00000196. The Morgan fingerprint density at radius 2 is 2.33 bits per heavy atom. The van der Waals surface area contributed by atoms with Gasteiger partial charge in [-0.2, -0.15) is 0 Å². The first-order valence-corrected chi connectivity index (χ1v) is 5.57. The maximum atomic E-state index is 11.5. The van der Waals surface area contributed by atoms with Crippen LogP contribution in [0.5, 0.6) is 0 Å². The number of carbonyl (C=O) groups excluding carboxylic acids is 1. The van der Waals surface area contributed by atoms with Gasteiger partial charge in [0.15, 0.2) is 0 Å². The van der Waals surface area contributed by atoms with E-state index < -0.39 is 0 Å². The van der Waals surface area contributed by atoms with Gasteiger partial charge in [0.05, 0.1) is 10.3 Å². The maximum absolute atomic E-state index is 11.5. The third kappa shape index (κ3) is 4.38.